The van der Waals surface area contributed by atoms with Gasteiger partial charge in [-0.05, 0) is 17.9 Å². The zero-order valence-electron chi connectivity index (χ0n) is 8.75. The van der Waals surface area contributed by atoms with Crippen molar-refractivity contribution in [3.8, 4) is 0 Å². The van der Waals surface area contributed by atoms with E-state index in [1.54, 1.807) is 31.2 Å². The van der Waals surface area contributed by atoms with Gasteiger partial charge in [0.15, 0.2) is 9.81 Å². The van der Waals surface area contributed by atoms with Crippen LogP contribution in [0.3, 0.4) is 0 Å². The molecule has 0 amide bonds. The van der Waals surface area contributed by atoms with Crippen molar-refractivity contribution in [3.63, 3.8) is 0 Å². The highest BCUT2D eigenvalue weighted by Crippen LogP contribution is 2.33. The second kappa shape index (κ2) is 3.11. The van der Waals surface area contributed by atoms with E-state index in [0.29, 0.717) is 10.9 Å². The van der Waals surface area contributed by atoms with Crippen molar-refractivity contribution in [2.45, 2.75) is 11.8 Å². The van der Waals surface area contributed by atoms with Crippen LogP contribution in [-0.2, 0) is 9.81 Å². The molecule has 0 aliphatic carbocycles. The van der Waals surface area contributed by atoms with Gasteiger partial charge in [0.1, 0.15) is 0 Å². The molecule has 0 aliphatic rings. The third-order valence-electron chi connectivity index (χ3n) is 2.46. The summed E-state index contributed by atoms with van der Waals surface area (Å²) in [5.74, 6) is 0. The number of aryl methyl sites for hydroxylation is 1. The second-order valence-electron chi connectivity index (χ2n) is 3.85. The predicted molar refractivity (Wildman–Crippen MR) is 64.5 cm³/mol. The average Bonchev–Trinajstić information content (AvgIpc) is 2.14. The molecule has 0 atom stereocenters. The van der Waals surface area contributed by atoms with Gasteiger partial charge in [0.2, 0.25) is 0 Å². The van der Waals surface area contributed by atoms with Crippen molar-refractivity contribution in [2.24, 2.45) is 5.14 Å². The highest BCUT2D eigenvalue weighted by atomic mass is 32.3. The Labute approximate surface area is 93.3 Å². The predicted octanol–water partition coefficient (Wildman–Crippen LogP) is 2.15. The van der Waals surface area contributed by atoms with E-state index in [4.69, 9.17) is 5.14 Å². The summed E-state index contributed by atoms with van der Waals surface area (Å²) >= 11 is 0. The Kier molecular flexibility index (Phi) is 2.18. The number of benzene rings is 2. The molecule has 2 aromatic carbocycles. The van der Waals surface area contributed by atoms with Crippen molar-refractivity contribution in [1.29, 1.82) is 0 Å². The summed E-state index contributed by atoms with van der Waals surface area (Å²) in [6.07, 6.45) is 0. The quantitative estimate of drug-likeness (QED) is 0.713. The van der Waals surface area contributed by atoms with Crippen molar-refractivity contribution in [1.82, 2.24) is 0 Å². The lowest BCUT2D eigenvalue weighted by Gasteiger charge is -2.28. The average molecular weight is 239 g/mol. The minimum atomic E-state index is -5.21. The van der Waals surface area contributed by atoms with Crippen molar-refractivity contribution >= 4 is 20.6 Å². The summed E-state index contributed by atoms with van der Waals surface area (Å²) in [6.45, 7) is 1.63. The topological polar surface area (TPSA) is 83.6 Å². The third kappa shape index (κ3) is 1.85. The summed E-state index contributed by atoms with van der Waals surface area (Å²) in [4.78, 5) is -0.102. The lowest BCUT2D eigenvalue weighted by molar-refractivity contribution is 0.392. The molecule has 0 fully saturated rings. The Hall–Kier alpha value is -1.27. The molecule has 4 N–H and O–H groups in total. The molecule has 5 heteroatoms. The Morgan fingerprint density at radius 1 is 1.12 bits per heavy atom. The summed E-state index contributed by atoms with van der Waals surface area (Å²) in [5.41, 5.74) is 0.489. The molecule has 0 radical (unpaired) electrons. The van der Waals surface area contributed by atoms with Gasteiger partial charge >= 0.3 is 0 Å². The number of nitrogens with two attached hydrogens (primary N) is 1. The van der Waals surface area contributed by atoms with Crippen LogP contribution in [0.4, 0.5) is 0 Å². The van der Waals surface area contributed by atoms with Crippen LogP contribution in [0.25, 0.3) is 10.8 Å². The van der Waals surface area contributed by atoms with Gasteiger partial charge in [0.25, 0.3) is 0 Å². The first-order valence-corrected chi connectivity index (χ1v) is 6.65. The van der Waals surface area contributed by atoms with E-state index in [9.17, 15) is 13.3 Å². The summed E-state index contributed by atoms with van der Waals surface area (Å²) < 4.78 is 30.8. The first-order valence-electron chi connectivity index (χ1n) is 4.71. The number of rotatable bonds is 1. The lowest BCUT2D eigenvalue weighted by Crippen LogP contribution is -2.42. The van der Waals surface area contributed by atoms with Gasteiger partial charge in [-0.25, -0.2) is 9.35 Å². The highest BCUT2D eigenvalue weighted by Gasteiger charge is 2.30. The highest BCUT2D eigenvalue weighted by molar-refractivity contribution is 8.08. The van der Waals surface area contributed by atoms with Crippen LogP contribution in [0.5, 0.6) is 0 Å². The number of hydrogen-bond acceptors (Lipinski definition) is 1. The van der Waals surface area contributed by atoms with Gasteiger partial charge in [-0.2, -0.15) is 0 Å². The van der Waals surface area contributed by atoms with E-state index in [0.717, 1.165) is 5.39 Å². The SMILES string of the molecule is Cc1ccc2ccccc2c1S(N)(=O)(O)O. The monoisotopic (exact) mass is 239 g/mol. The first-order chi connectivity index (χ1) is 7.26. The van der Waals surface area contributed by atoms with E-state index in [1.807, 2.05) is 12.1 Å². The van der Waals surface area contributed by atoms with Crippen molar-refractivity contribution in [3.05, 3.63) is 42.0 Å². The van der Waals surface area contributed by atoms with Crippen molar-refractivity contribution < 1.29 is 13.3 Å². The molecule has 0 aliphatic heterocycles. The van der Waals surface area contributed by atoms with Gasteiger partial charge < -0.3 is 0 Å². The van der Waals surface area contributed by atoms with E-state index < -0.39 is 9.81 Å². The van der Waals surface area contributed by atoms with Crippen LogP contribution in [0.15, 0.2) is 41.3 Å². The zero-order valence-corrected chi connectivity index (χ0v) is 9.57. The molecule has 2 rings (SSSR count). The normalized spacial score (nSPS) is 14.6. The minimum absolute atomic E-state index is 0.102. The second-order valence-corrected chi connectivity index (χ2v) is 6.11. The van der Waals surface area contributed by atoms with Crippen LogP contribution in [-0.4, -0.2) is 13.3 Å². The van der Waals surface area contributed by atoms with Gasteiger partial charge in [-0.15, -0.1) is 0 Å². The van der Waals surface area contributed by atoms with Crippen LogP contribution in [0.2, 0.25) is 0 Å². The van der Waals surface area contributed by atoms with E-state index in [1.165, 1.54) is 0 Å². The Morgan fingerprint density at radius 3 is 2.38 bits per heavy atom. The van der Waals surface area contributed by atoms with Crippen molar-refractivity contribution in [2.75, 3.05) is 0 Å². The fraction of sp³-hybridized carbons (Fsp3) is 0.0909. The molecule has 0 bridgehead atoms. The smallest absolute Gasteiger partial charge is 0.163 e. The minimum Gasteiger partial charge on any atom is -0.294 e. The Morgan fingerprint density at radius 2 is 1.75 bits per heavy atom. The molecule has 4 nitrogen and oxygen atoms in total. The van der Waals surface area contributed by atoms with E-state index >= 15 is 0 Å². The molecule has 0 aromatic heterocycles. The third-order valence-corrected chi connectivity index (χ3v) is 3.77. The molecule has 0 unspecified atom stereocenters. The summed E-state index contributed by atoms with van der Waals surface area (Å²) in [7, 11) is -5.21. The van der Waals surface area contributed by atoms with Crippen LogP contribution < -0.4 is 5.14 Å². The number of fused-ring (bicyclic) bond motifs is 1. The summed E-state index contributed by atoms with van der Waals surface area (Å²) in [5, 5.41) is 6.38. The van der Waals surface area contributed by atoms with Crippen LogP contribution in [0, 0.1) is 6.92 Å². The maximum Gasteiger partial charge on any atom is 0.163 e. The maximum absolute atomic E-state index is 11.7. The first kappa shape index (κ1) is 11.2. The molecule has 86 valence electrons. The summed E-state index contributed by atoms with van der Waals surface area (Å²) in [6, 6.07) is 10.5. The Balaban J connectivity index is 2.99. The Bertz CT molecular complexity index is 619. The van der Waals surface area contributed by atoms with Crippen LogP contribution in [0.1, 0.15) is 5.56 Å². The van der Waals surface area contributed by atoms with Gasteiger partial charge in [-0.1, -0.05) is 36.4 Å². The van der Waals surface area contributed by atoms with Gasteiger partial charge in [0, 0.05) is 5.39 Å². The van der Waals surface area contributed by atoms with Crippen LogP contribution >= 0.6 is 0 Å². The number of hydrogen-bond donors (Lipinski definition) is 3. The molecule has 0 spiro atoms. The zero-order chi connectivity index (χ0) is 12.0. The maximum atomic E-state index is 11.7. The molecule has 0 saturated carbocycles. The van der Waals surface area contributed by atoms with Gasteiger partial charge in [0.05, 0.1) is 4.90 Å². The van der Waals surface area contributed by atoms with E-state index in [2.05, 4.69) is 0 Å². The van der Waals surface area contributed by atoms with E-state index in [-0.39, 0.29) is 4.90 Å². The standard InChI is InChI=1S/C11H13NO3S/c1-8-6-7-9-4-2-3-5-10(9)11(8)16(12,13,14)15/h2-7H,1H3,(H4,12,13,14,15). The fourth-order valence-electron chi connectivity index (χ4n) is 1.86. The fourth-order valence-corrected chi connectivity index (χ4v) is 3.13. The van der Waals surface area contributed by atoms with Gasteiger partial charge in [-0.3, -0.25) is 9.11 Å². The molecule has 0 saturated heterocycles. The molecule has 16 heavy (non-hydrogen) atoms. The molecule has 0 heterocycles. The lowest BCUT2D eigenvalue weighted by atomic mass is 10.1. The molecular weight excluding hydrogens is 226 g/mol. The largest absolute Gasteiger partial charge is 0.294 e. The molecular formula is C11H13NO3S. The molecule has 2 aromatic rings.